The predicted molar refractivity (Wildman–Crippen MR) is 111 cm³/mol. The molecular weight excluding hydrogens is 372 g/mol. The van der Waals surface area contributed by atoms with Crippen molar-refractivity contribution in [2.24, 2.45) is 5.92 Å². The number of hydrogen-bond acceptors (Lipinski definition) is 6. The number of hydrogen-bond donors (Lipinski definition) is 0. The molecule has 1 fully saturated rings. The van der Waals surface area contributed by atoms with Gasteiger partial charge in [-0.15, -0.1) is 0 Å². The summed E-state index contributed by atoms with van der Waals surface area (Å²) in [6.07, 6.45) is 8.16. The van der Waals surface area contributed by atoms with Crippen molar-refractivity contribution in [3.63, 3.8) is 0 Å². The number of rotatable bonds is 8. The van der Waals surface area contributed by atoms with Gasteiger partial charge in [0.25, 0.3) is 0 Å². The molecule has 0 aromatic heterocycles. The van der Waals surface area contributed by atoms with Crippen LogP contribution in [0, 0.1) is 5.92 Å². The lowest BCUT2D eigenvalue weighted by Gasteiger charge is -2.00. The normalized spacial score (nSPS) is 17.7. The molecule has 164 valence electrons. The van der Waals surface area contributed by atoms with E-state index >= 15 is 0 Å². The summed E-state index contributed by atoms with van der Waals surface area (Å²) < 4.78 is 5.04. The van der Waals surface area contributed by atoms with E-state index in [1.165, 1.54) is 6.92 Å². The number of Topliss-reactive ketones (excluding diaryl/α,β-unsaturated/α-hetero) is 5. The first kappa shape index (κ1) is 26.9. The van der Waals surface area contributed by atoms with Crippen molar-refractivity contribution in [1.29, 1.82) is 0 Å². The van der Waals surface area contributed by atoms with E-state index < -0.39 is 0 Å². The smallest absolute Gasteiger partial charge is 0.159 e. The topological polar surface area (TPSA) is 94.6 Å². The first-order chi connectivity index (χ1) is 13.6. The first-order valence-corrected chi connectivity index (χ1v) is 10.4. The minimum Gasteiger partial charge on any atom is -0.501 e. The Morgan fingerprint density at radius 1 is 0.862 bits per heavy atom. The van der Waals surface area contributed by atoms with E-state index in [4.69, 9.17) is 4.74 Å². The Balaban J connectivity index is 0.000000406. The Bertz CT molecular complexity index is 613. The van der Waals surface area contributed by atoms with Crippen molar-refractivity contribution >= 4 is 28.9 Å². The largest absolute Gasteiger partial charge is 0.501 e. The summed E-state index contributed by atoms with van der Waals surface area (Å²) in [6.45, 7) is 6.25. The highest BCUT2D eigenvalue weighted by Gasteiger charge is 2.27. The molecule has 0 radical (unpaired) electrons. The van der Waals surface area contributed by atoms with Gasteiger partial charge in [0.15, 0.2) is 5.78 Å². The van der Waals surface area contributed by atoms with Gasteiger partial charge >= 0.3 is 0 Å². The average Bonchev–Trinajstić information content (AvgIpc) is 3.28. The molecule has 0 amide bonds. The highest BCUT2D eigenvalue weighted by Crippen LogP contribution is 2.26. The number of ketones is 5. The standard InChI is InChI=1S/C8H12O2.C8H14O2.C7H10O2/c1-6(9)7-4-3-5-8(7)10-2;1-7(9)5-3-4-6-8(2)10;1-5(8)6-3-2-4-7(6)9/h3-5H2,1-2H3;3-6H2,1-2H3;6H,2-4H2,1H3. The SMILES string of the molecule is CC(=O)C1CCCC1=O.CC(=O)CCCCC(C)=O.COC1=C(C(C)=O)CCC1. The fraction of sp³-hybridized carbons (Fsp3) is 0.696. The van der Waals surface area contributed by atoms with Crippen LogP contribution in [0.4, 0.5) is 0 Å². The maximum atomic E-state index is 10.9. The lowest BCUT2D eigenvalue weighted by Crippen LogP contribution is -2.14. The summed E-state index contributed by atoms with van der Waals surface area (Å²) in [6, 6.07) is 0. The molecule has 6 heteroatoms. The molecule has 6 nitrogen and oxygen atoms in total. The zero-order valence-corrected chi connectivity index (χ0v) is 18.6. The van der Waals surface area contributed by atoms with Crippen LogP contribution in [0.2, 0.25) is 0 Å². The molecule has 0 aromatic carbocycles. The lowest BCUT2D eigenvalue weighted by molar-refractivity contribution is -0.129. The van der Waals surface area contributed by atoms with Crippen LogP contribution in [0.3, 0.4) is 0 Å². The van der Waals surface area contributed by atoms with Crippen molar-refractivity contribution in [2.75, 3.05) is 7.11 Å². The number of carbonyl (C=O) groups is 5. The van der Waals surface area contributed by atoms with Gasteiger partial charge < -0.3 is 14.3 Å². The Labute approximate surface area is 174 Å². The van der Waals surface area contributed by atoms with Crippen LogP contribution in [0.15, 0.2) is 11.3 Å². The van der Waals surface area contributed by atoms with E-state index in [2.05, 4.69) is 0 Å². The van der Waals surface area contributed by atoms with E-state index in [-0.39, 0.29) is 34.8 Å². The molecule has 1 atom stereocenters. The monoisotopic (exact) mass is 408 g/mol. The van der Waals surface area contributed by atoms with Crippen molar-refractivity contribution in [2.45, 2.75) is 91.9 Å². The number of unbranched alkanes of at least 4 members (excludes halogenated alkanes) is 1. The second-order valence-electron chi connectivity index (χ2n) is 7.65. The highest BCUT2D eigenvalue weighted by molar-refractivity contribution is 6.02. The van der Waals surface area contributed by atoms with Crippen LogP contribution >= 0.6 is 0 Å². The molecule has 0 N–H and O–H groups in total. The van der Waals surface area contributed by atoms with Crippen LogP contribution in [-0.2, 0) is 28.7 Å². The molecule has 0 aromatic rings. The highest BCUT2D eigenvalue weighted by atomic mass is 16.5. The Morgan fingerprint density at radius 2 is 1.41 bits per heavy atom. The third-order valence-corrected chi connectivity index (χ3v) is 4.94. The zero-order chi connectivity index (χ0) is 22.4. The van der Waals surface area contributed by atoms with Gasteiger partial charge in [0.1, 0.15) is 28.9 Å². The van der Waals surface area contributed by atoms with Crippen molar-refractivity contribution in [3.8, 4) is 0 Å². The summed E-state index contributed by atoms with van der Waals surface area (Å²) in [5.41, 5.74) is 0.891. The van der Waals surface area contributed by atoms with Gasteiger partial charge in [0.2, 0.25) is 0 Å². The summed E-state index contributed by atoms with van der Waals surface area (Å²) in [4.78, 5) is 53.1. The molecule has 0 bridgehead atoms. The van der Waals surface area contributed by atoms with Gasteiger partial charge in [0.05, 0.1) is 13.0 Å². The van der Waals surface area contributed by atoms with Crippen LogP contribution in [0.25, 0.3) is 0 Å². The summed E-state index contributed by atoms with van der Waals surface area (Å²) >= 11 is 0. The van der Waals surface area contributed by atoms with Gasteiger partial charge in [-0.1, -0.05) is 0 Å². The maximum Gasteiger partial charge on any atom is 0.159 e. The van der Waals surface area contributed by atoms with Gasteiger partial charge in [-0.2, -0.15) is 0 Å². The summed E-state index contributed by atoms with van der Waals surface area (Å²) in [5.74, 6) is 1.42. The van der Waals surface area contributed by atoms with E-state index in [9.17, 15) is 24.0 Å². The molecule has 0 spiro atoms. The van der Waals surface area contributed by atoms with Crippen LogP contribution in [0.5, 0.6) is 0 Å². The van der Waals surface area contributed by atoms with Crippen molar-refractivity contribution in [3.05, 3.63) is 11.3 Å². The van der Waals surface area contributed by atoms with E-state index in [0.29, 0.717) is 19.3 Å². The molecule has 2 aliphatic carbocycles. The summed E-state index contributed by atoms with van der Waals surface area (Å²) in [5, 5.41) is 0. The molecule has 2 aliphatic rings. The summed E-state index contributed by atoms with van der Waals surface area (Å²) in [7, 11) is 1.63. The molecule has 0 heterocycles. The number of carbonyl (C=O) groups excluding carboxylic acids is 5. The second-order valence-corrected chi connectivity index (χ2v) is 7.65. The number of ether oxygens (including phenoxy) is 1. The first-order valence-electron chi connectivity index (χ1n) is 10.4. The van der Waals surface area contributed by atoms with E-state index in [1.54, 1.807) is 27.9 Å². The quantitative estimate of drug-likeness (QED) is 0.438. The molecule has 1 unspecified atom stereocenters. The Hall–Kier alpha value is -2.11. The molecule has 1 saturated carbocycles. The lowest BCUT2D eigenvalue weighted by atomic mass is 10.0. The minimum atomic E-state index is -0.245. The van der Waals surface area contributed by atoms with Gasteiger partial charge in [-0.05, 0) is 66.2 Å². The van der Waals surface area contributed by atoms with Gasteiger partial charge in [0, 0.05) is 31.3 Å². The third-order valence-electron chi connectivity index (χ3n) is 4.94. The molecule has 0 aliphatic heterocycles. The zero-order valence-electron chi connectivity index (χ0n) is 18.6. The van der Waals surface area contributed by atoms with Crippen LogP contribution in [0.1, 0.15) is 91.9 Å². The third kappa shape index (κ3) is 12.1. The second kappa shape index (κ2) is 14.8. The molecular formula is C23H36O6. The molecule has 0 saturated heterocycles. The van der Waals surface area contributed by atoms with Gasteiger partial charge in [-0.25, -0.2) is 0 Å². The average molecular weight is 409 g/mol. The van der Waals surface area contributed by atoms with Crippen molar-refractivity contribution < 1.29 is 28.7 Å². The maximum absolute atomic E-state index is 10.9. The fourth-order valence-corrected chi connectivity index (χ4v) is 3.31. The fourth-order valence-electron chi connectivity index (χ4n) is 3.31. The van der Waals surface area contributed by atoms with E-state index in [1.807, 2.05) is 0 Å². The molecule has 29 heavy (non-hydrogen) atoms. The minimum absolute atomic E-state index is 0.0394. The van der Waals surface area contributed by atoms with Gasteiger partial charge in [-0.3, -0.25) is 14.4 Å². The van der Waals surface area contributed by atoms with Crippen LogP contribution < -0.4 is 0 Å². The van der Waals surface area contributed by atoms with Crippen LogP contribution in [-0.4, -0.2) is 36.0 Å². The molecule has 2 rings (SSSR count). The Kier molecular flexibility index (Phi) is 13.7. The van der Waals surface area contributed by atoms with E-state index in [0.717, 1.165) is 56.3 Å². The van der Waals surface area contributed by atoms with Crippen molar-refractivity contribution in [1.82, 2.24) is 0 Å². The Morgan fingerprint density at radius 3 is 1.69 bits per heavy atom. The number of methoxy groups -OCH3 is 1. The number of allylic oxidation sites excluding steroid dienone is 2. The predicted octanol–water partition coefficient (Wildman–Crippen LogP) is 4.33.